The van der Waals surface area contributed by atoms with E-state index in [2.05, 4.69) is 0 Å². The molecule has 5 aromatic carbocycles. The van der Waals surface area contributed by atoms with Gasteiger partial charge in [0.05, 0.1) is 32.8 Å². The highest BCUT2D eigenvalue weighted by molar-refractivity contribution is 6.17. The Morgan fingerprint density at radius 3 is 2.05 bits per heavy atom. The Balaban J connectivity index is 1.53. The Bertz CT molecular complexity index is 2910. The monoisotopic (exact) mass is 544 g/mol. The van der Waals surface area contributed by atoms with Crippen LogP contribution in [-0.4, -0.2) is 12.2 Å². The van der Waals surface area contributed by atoms with Crippen LogP contribution in [0.15, 0.2) is 95.1 Å². The van der Waals surface area contributed by atoms with Crippen molar-refractivity contribution in [3.05, 3.63) is 96.2 Å². The highest BCUT2D eigenvalue weighted by Gasteiger charge is 2.50. The zero-order valence-electron chi connectivity index (χ0n) is 42.7. The van der Waals surface area contributed by atoms with E-state index < -0.39 is 209 Å². The summed E-state index contributed by atoms with van der Waals surface area (Å²) in [5, 5.41) is -2.66. The van der Waals surface area contributed by atoms with E-state index in [0.29, 0.717) is 0 Å². The zero-order valence-corrected chi connectivity index (χ0v) is 20.7. The predicted molar refractivity (Wildman–Crippen MR) is 165 cm³/mol. The van der Waals surface area contributed by atoms with Crippen molar-refractivity contribution in [1.29, 1.82) is 0 Å². The first-order valence-electron chi connectivity index (χ1n) is 24.5. The van der Waals surface area contributed by atoms with Crippen LogP contribution in [-0.2, 0) is 4.74 Å². The number of para-hydroxylation sites is 1. The maximum Gasteiger partial charge on any atom is 0.135 e. The van der Waals surface area contributed by atoms with Crippen molar-refractivity contribution in [2.45, 2.75) is 62.9 Å². The lowest BCUT2D eigenvalue weighted by Crippen LogP contribution is -2.33. The Hall–Kier alpha value is -3.62. The second-order valence-corrected chi connectivity index (χ2v) is 10.1. The van der Waals surface area contributed by atoms with E-state index in [9.17, 15) is 9.60 Å². The van der Waals surface area contributed by atoms with E-state index in [1.807, 2.05) is 0 Å². The number of hydrogen-bond donors (Lipinski definition) is 0. The van der Waals surface area contributed by atoms with Crippen LogP contribution in [0.1, 0.15) is 86.4 Å². The van der Waals surface area contributed by atoms with Gasteiger partial charge in [-0.05, 0) is 99.7 Å². The third kappa shape index (κ3) is 3.32. The van der Waals surface area contributed by atoms with Gasteiger partial charge in [0.15, 0.2) is 0 Å². The van der Waals surface area contributed by atoms with Crippen molar-refractivity contribution < 1.29 is 39.3 Å². The molecule has 3 aliphatic rings. The van der Waals surface area contributed by atoms with E-state index >= 15 is 0 Å². The van der Waals surface area contributed by atoms with Gasteiger partial charge in [0.2, 0.25) is 0 Å². The molecule has 2 heterocycles. The number of furan rings is 1. The molecule has 2 nitrogen and oxygen atoms in total. The van der Waals surface area contributed by atoms with Crippen molar-refractivity contribution in [3.8, 4) is 11.1 Å². The standard InChI is InChI=1S/C38H34O2/c1-3-13-27-25(11-1)36(23-20-21-34-31(22-23)24-10-5-7-17-32(24)39-34)26-12-2-4-14-28(26)37(27)30-16-9-19-35-38(30)29-15-6-8-18-33(29)40-35/h1-5,7,10-14,17,20-22,29-30,33,35,38H,6,8-9,15-16,18-19H2/i1D,2D,3D,4D,5D,6D,7D,8D,9D,10D,11D,12D,13D,14D,15D,16D,17D,18D,19D,20D,21D,22D. The quantitative estimate of drug-likeness (QED) is 0.202. The molecule has 12 unspecified atom stereocenters. The van der Waals surface area contributed by atoms with E-state index in [4.69, 9.17) is 29.7 Å². The molecule has 2 saturated carbocycles. The summed E-state index contributed by atoms with van der Waals surface area (Å²) in [6, 6.07) is -11.6. The summed E-state index contributed by atoms with van der Waals surface area (Å²) in [6.07, 6.45) is -13.0. The molecule has 1 aromatic heterocycles. The minimum atomic E-state index is -1.70. The third-order valence-electron chi connectivity index (χ3n) is 8.18. The van der Waals surface area contributed by atoms with Crippen molar-refractivity contribution in [1.82, 2.24) is 0 Å². The summed E-state index contributed by atoms with van der Waals surface area (Å²) in [5.41, 5.74) is -2.36. The minimum Gasteiger partial charge on any atom is -0.456 e. The molecule has 198 valence electrons. The molecule has 6 aromatic rings. The van der Waals surface area contributed by atoms with Gasteiger partial charge in [-0.2, -0.15) is 0 Å². The molecule has 0 amide bonds. The van der Waals surface area contributed by atoms with Gasteiger partial charge in [0, 0.05) is 20.4 Å². The normalized spacial score (nSPS) is 47.1. The van der Waals surface area contributed by atoms with Crippen LogP contribution in [0.4, 0.5) is 0 Å². The third-order valence-corrected chi connectivity index (χ3v) is 8.18. The topological polar surface area (TPSA) is 22.4 Å². The fraction of sp³-hybridized carbons (Fsp3) is 0.316. The summed E-state index contributed by atoms with van der Waals surface area (Å²) < 4.78 is 210. The maximum atomic E-state index is 9.64. The molecule has 2 heteroatoms. The van der Waals surface area contributed by atoms with Crippen LogP contribution in [0.3, 0.4) is 0 Å². The van der Waals surface area contributed by atoms with Crippen LogP contribution in [0, 0.1) is 11.8 Å². The molecule has 0 bridgehead atoms. The fourth-order valence-electron chi connectivity index (χ4n) is 6.57. The molecule has 0 radical (unpaired) electrons. The molecule has 12 atom stereocenters. The van der Waals surface area contributed by atoms with Gasteiger partial charge in [0.1, 0.15) is 11.2 Å². The van der Waals surface area contributed by atoms with E-state index in [-0.39, 0.29) is 16.3 Å². The summed E-state index contributed by atoms with van der Waals surface area (Å²) in [6.45, 7) is 0. The number of rotatable bonds is 2. The highest BCUT2D eigenvalue weighted by Crippen LogP contribution is 2.55. The van der Waals surface area contributed by atoms with E-state index in [0.717, 1.165) is 0 Å². The van der Waals surface area contributed by atoms with Crippen LogP contribution in [0.2, 0.25) is 0 Å². The smallest absolute Gasteiger partial charge is 0.135 e. The highest BCUT2D eigenvalue weighted by atomic mass is 16.5. The summed E-state index contributed by atoms with van der Waals surface area (Å²) in [7, 11) is 0. The first kappa shape index (κ1) is 10.3. The van der Waals surface area contributed by atoms with Gasteiger partial charge in [-0.1, -0.05) is 91.7 Å². The lowest BCUT2D eigenvalue weighted by Gasteiger charge is -2.38. The van der Waals surface area contributed by atoms with Gasteiger partial charge < -0.3 is 9.15 Å². The molecular formula is C38H34O2. The SMILES string of the molecule is [2H]c1c([2H])c([2H])c2c(oc3c([2H])c([2H])c(-c4c5c([2H])c([2H])c([2H])c([2H])c5c(C5C([2H])C([2H])C([2H])C6OC7C([2H])C([2H])C([2H])C([2H])C7C65)c5c([2H])c([2H])c([2H])c([2H])c45)c([2H])c32)c1[2H]. The van der Waals surface area contributed by atoms with Crippen LogP contribution >= 0.6 is 0 Å². The molecule has 2 aliphatic carbocycles. The average Bonchev–Trinajstić information content (AvgIpc) is 3.85. The number of fused-ring (bicyclic) bond motifs is 8. The minimum absolute atomic E-state index is 0.294. The Morgan fingerprint density at radius 2 is 1.25 bits per heavy atom. The molecule has 40 heavy (non-hydrogen) atoms. The number of hydrogen-bond acceptors (Lipinski definition) is 2. The largest absolute Gasteiger partial charge is 0.456 e. The molecule has 1 saturated heterocycles. The Labute approximate surface area is 265 Å². The van der Waals surface area contributed by atoms with Gasteiger partial charge in [0.25, 0.3) is 0 Å². The fourth-order valence-corrected chi connectivity index (χ4v) is 6.57. The Morgan fingerprint density at radius 1 is 0.600 bits per heavy atom. The molecular weight excluding hydrogens is 488 g/mol. The van der Waals surface area contributed by atoms with Gasteiger partial charge >= 0.3 is 0 Å². The van der Waals surface area contributed by atoms with Crippen molar-refractivity contribution in [3.63, 3.8) is 0 Å². The first-order chi connectivity index (χ1) is 29.0. The molecule has 9 rings (SSSR count). The summed E-state index contributed by atoms with van der Waals surface area (Å²) >= 11 is 0. The van der Waals surface area contributed by atoms with Crippen LogP contribution in [0.25, 0.3) is 54.6 Å². The van der Waals surface area contributed by atoms with Crippen molar-refractivity contribution >= 4 is 43.5 Å². The molecule has 0 spiro atoms. The van der Waals surface area contributed by atoms with Gasteiger partial charge in [-0.3, -0.25) is 0 Å². The maximum absolute atomic E-state index is 9.64. The summed E-state index contributed by atoms with van der Waals surface area (Å²) in [5.74, 6) is -3.89. The van der Waals surface area contributed by atoms with Crippen molar-refractivity contribution in [2.24, 2.45) is 11.8 Å². The second kappa shape index (κ2) is 8.94. The average molecular weight is 545 g/mol. The van der Waals surface area contributed by atoms with Gasteiger partial charge in [-0.15, -0.1) is 0 Å². The number of benzene rings is 5. The lowest BCUT2D eigenvalue weighted by atomic mass is 9.64. The van der Waals surface area contributed by atoms with Crippen LogP contribution in [0.5, 0.6) is 0 Å². The van der Waals surface area contributed by atoms with Crippen molar-refractivity contribution in [2.75, 3.05) is 0 Å². The second-order valence-electron chi connectivity index (χ2n) is 10.1. The first-order valence-corrected chi connectivity index (χ1v) is 13.0. The lowest BCUT2D eigenvalue weighted by molar-refractivity contribution is 0.00389. The van der Waals surface area contributed by atoms with Crippen LogP contribution < -0.4 is 0 Å². The zero-order chi connectivity index (χ0) is 45.4. The number of ether oxygens (including phenoxy) is 1. The molecule has 1 aliphatic heterocycles. The summed E-state index contributed by atoms with van der Waals surface area (Å²) in [4.78, 5) is 0. The van der Waals surface area contributed by atoms with E-state index in [1.165, 1.54) is 0 Å². The van der Waals surface area contributed by atoms with E-state index in [1.54, 1.807) is 0 Å². The molecule has 0 N–H and O–H groups in total. The molecule has 3 fully saturated rings. The predicted octanol–water partition coefficient (Wildman–Crippen LogP) is 10.4. The Kier molecular flexibility index (Phi) is 2.31. The van der Waals surface area contributed by atoms with Gasteiger partial charge in [-0.25, -0.2) is 0 Å².